The summed E-state index contributed by atoms with van der Waals surface area (Å²) in [5.41, 5.74) is -0.0715. The number of carbonyl (C=O) groups is 1. The fraction of sp³-hybridized carbons (Fsp3) is 0.364. The number of nitro groups is 1. The van der Waals surface area contributed by atoms with Crippen LogP contribution in [0.5, 0.6) is 5.75 Å². The lowest BCUT2D eigenvalue weighted by molar-refractivity contribution is -0.384. The number of amides is 1. The van der Waals surface area contributed by atoms with E-state index in [-0.39, 0.29) is 17.3 Å². The van der Waals surface area contributed by atoms with Gasteiger partial charge in [0.1, 0.15) is 11.4 Å². The lowest BCUT2D eigenvalue weighted by Gasteiger charge is -2.16. The molecule has 0 aliphatic rings. The molecule has 0 unspecified atom stereocenters. The number of nitro benzene ring substituents is 1. The van der Waals surface area contributed by atoms with Gasteiger partial charge < -0.3 is 10.1 Å². The molecule has 0 bridgehead atoms. The molecular weight excluding hydrogens is 304 g/mol. The first kappa shape index (κ1) is 14.4. The highest BCUT2D eigenvalue weighted by Gasteiger charge is 2.26. The van der Waals surface area contributed by atoms with Crippen molar-refractivity contribution in [3.8, 4) is 5.75 Å². The Balaban J connectivity index is 3.09. The second-order valence-corrected chi connectivity index (χ2v) is 6.05. The number of ether oxygens (including phenoxy) is 1. The first-order valence-electron chi connectivity index (χ1n) is 5.08. The van der Waals surface area contributed by atoms with Crippen LogP contribution in [0.4, 0.5) is 11.4 Å². The van der Waals surface area contributed by atoms with Crippen LogP contribution in [0.15, 0.2) is 18.2 Å². The molecule has 18 heavy (non-hydrogen) atoms. The minimum atomic E-state index is -0.805. The van der Waals surface area contributed by atoms with Gasteiger partial charge in [0.25, 0.3) is 5.69 Å². The molecule has 0 aromatic heterocycles. The van der Waals surface area contributed by atoms with Gasteiger partial charge in [0.05, 0.1) is 22.4 Å². The van der Waals surface area contributed by atoms with Gasteiger partial charge in [0.2, 0.25) is 5.91 Å². The Kier molecular flexibility index (Phi) is 4.28. The number of rotatable bonds is 4. The van der Waals surface area contributed by atoms with E-state index in [0.717, 1.165) is 0 Å². The molecular formula is C11H13BrN2O4. The molecule has 0 fully saturated rings. The van der Waals surface area contributed by atoms with Crippen LogP contribution in [0.2, 0.25) is 0 Å². The zero-order valence-electron chi connectivity index (χ0n) is 10.2. The van der Waals surface area contributed by atoms with Gasteiger partial charge in [-0.05, 0) is 26.0 Å². The van der Waals surface area contributed by atoms with E-state index in [2.05, 4.69) is 21.2 Å². The Hall–Kier alpha value is -1.63. The minimum Gasteiger partial charge on any atom is -0.496 e. The van der Waals surface area contributed by atoms with E-state index in [1.807, 2.05) is 0 Å². The van der Waals surface area contributed by atoms with E-state index in [1.54, 1.807) is 19.9 Å². The first-order chi connectivity index (χ1) is 8.25. The molecule has 0 aliphatic carbocycles. The van der Waals surface area contributed by atoms with Gasteiger partial charge in [-0.3, -0.25) is 14.9 Å². The van der Waals surface area contributed by atoms with E-state index in [4.69, 9.17) is 4.74 Å². The van der Waals surface area contributed by atoms with Gasteiger partial charge >= 0.3 is 0 Å². The lowest BCUT2D eigenvalue weighted by Crippen LogP contribution is -2.31. The highest BCUT2D eigenvalue weighted by molar-refractivity contribution is 9.10. The Morgan fingerprint density at radius 3 is 2.56 bits per heavy atom. The molecule has 0 aliphatic heterocycles. The van der Waals surface area contributed by atoms with Crippen molar-refractivity contribution in [2.75, 3.05) is 12.4 Å². The normalized spacial score (nSPS) is 10.9. The van der Waals surface area contributed by atoms with Crippen molar-refractivity contribution in [2.45, 2.75) is 18.2 Å². The number of nitrogens with one attached hydrogen (secondary N) is 1. The first-order valence-corrected chi connectivity index (χ1v) is 5.88. The van der Waals surface area contributed by atoms with Crippen LogP contribution in [0.1, 0.15) is 13.8 Å². The highest BCUT2D eigenvalue weighted by Crippen LogP contribution is 2.30. The Morgan fingerprint density at radius 1 is 1.50 bits per heavy atom. The largest absolute Gasteiger partial charge is 0.496 e. The maximum Gasteiger partial charge on any atom is 0.296 e. The molecule has 1 amide bonds. The average molecular weight is 317 g/mol. The summed E-state index contributed by atoms with van der Waals surface area (Å²) in [4.78, 5) is 22.1. The zero-order valence-corrected chi connectivity index (χ0v) is 11.8. The third-order valence-corrected chi connectivity index (χ3v) is 2.55. The Morgan fingerprint density at radius 2 is 2.11 bits per heavy atom. The maximum absolute atomic E-state index is 11.8. The predicted octanol–water partition coefficient (Wildman–Crippen LogP) is 2.72. The molecule has 1 N–H and O–H groups in total. The second-order valence-electron chi connectivity index (χ2n) is 4.07. The summed E-state index contributed by atoms with van der Waals surface area (Å²) in [6, 6.07) is 4.24. The molecule has 0 radical (unpaired) electrons. The standard InChI is InChI=1S/C11H13BrN2O4/c1-11(2,12)10(15)13-8-5-4-7(18-3)6-9(8)14(16)17/h4-6H,1-3H3,(H,13,15). The number of hydrogen-bond acceptors (Lipinski definition) is 4. The number of methoxy groups -OCH3 is 1. The molecule has 1 rings (SSSR count). The summed E-state index contributed by atoms with van der Waals surface area (Å²) in [7, 11) is 1.42. The van der Waals surface area contributed by atoms with Gasteiger partial charge in [0, 0.05) is 0 Å². The molecule has 0 saturated carbocycles. The minimum absolute atomic E-state index is 0.137. The Bertz CT molecular complexity index is 482. The molecule has 1 aromatic carbocycles. The van der Waals surface area contributed by atoms with Crippen LogP contribution in [-0.2, 0) is 4.79 Å². The monoisotopic (exact) mass is 316 g/mol. The van der Waals surface area contributed by atoms with E-state index in [0.29, 0.717) is 5.75 Å². The van der Waals surface area contributed by atoms with Crippen LogP contribution < -0.4 is 10.1 Å². The number of benzene rings is 1. The number of anilines is 1. The number of halogens is 1. The fourth-order valence-corrected chi connectivity index (χ4v) is 1.27. The number of carbonyl (C=O) groups excluding carboxylic acids is 1. The summed E-state index contributed by atoms with van der Waals surface area (Å²) >= 11 is 3.18. The second kappa shape index (κ2) is 5.34. The average Bonchev–Trinajstić information content (AvgIpc) is 2.27. The molecule has 7 heteroatoms. The van der Waals surface area contributed by atoms with Crippen LogP contribution in [0, 0.1) is 10.1 Å². The zero-order chi connectivity index (χ0) is 13.9. The molecule has 0 atom stereocenters. The van der Waals surface area contributed by atoms with Gasteiger partial charge in [-0.2, -0.15) is 0 Å². The van der Waals surface area contributed by atoms with Crippen molar-refractivity contribution < 1.29 is 14.5 Å². The van der Waals surface area contributed by atoms with Crippen molar-refractivity contribution in [3.63, 3.8) is 0 Å². The maximum atomic E-state index is 11.8. The van der Waals surface area contributed by atoms with Gasteiger partial charge in [-0.25, -0.2) is 0 Å². The summed E-state index contributed by atoms with van der Waals surface area (Å²) in [6.07, 6.45) is 0. The predicted molar refractivity (Wildman–Crippen MR) is 71.3 cm³/mol. The van der Waals surface area contributed by atoms with Crippen molar-refractivity contribution >= 4 is 33.2 Å². The van der Waals surface area contributed by atoms with Gasteiger partial charge in [-0.1, -0.05) is 15.9 Å². The van der Waals surface area contributed by atoms with E-state index < -0.39 is 9.25 Å². The fourth-order valence-electron chi connectivity index (χ4n) is 1.17. The van der Waals surface area contributed by atoms with E-state index in [9.17, 15) is 14.9 Å². The van der Waals surface area contributed by atoms with Crippen LogP contribution in [-0.4, -0.2) is 22.3 Å². The molecule has 0 spiro atoms. The van der Waals surface area contributed by atoms with Crippen molar-refractivity contribution in [1.82, 2.24) is 0 Å². The molecule has 1 aromatic rings. The SMILES string of the molecule is COc1ccc(NC(=O)C(C)(C)Br)c([N+](=O)[O-])c1. The van der Waals surface area contributed by atoms with Crippen molar-refractivity contribution in [1.29, 1.82) is 0 Å². The topological polar surface area (TPSA) is 81.5 Å². The molecule has 98 valence electrons. The van der Waals surface area contributed by atoms with Crippen molar-refractivity contribution in [3.05, 3.63) is 28.3 Å². The molecule has 0 heterocycles. The van der Waals surface area contributed by atoms with E-state index in [1.165, 1.54) is 19.2 Å². The molecule has 6 nitrogen and oxygen atoms in total. The van der Waals surface area contributed by atoms with Gasteiger partial charge in [0.15, 0.2) is 0 Å². The van der Waals surface area contributed by atoms with Crippen LogP contribution >= 0.6 is 15.9 Å². The number of nitrogens with zero attached hydrogens (tertiary/aromatic N) is 1. The molecule has 0 saturated heterocycles. The van der Waals surface area contributed by atoms with Crippen molar-refractivity contribution in [2.24, 2.45) is 0 Å². The van der Waals surface area contributed by atoms with Crippen LogP contribution in [0.3, 0.4) is 0 Å². The summed E-state index contributed by atoms with van der Waals surface area (Å²) in [6.45, 7) is 3.30. The number of alkyl halides is 1. The summed E-state index contributed by atoms with van der Waals surface area (Å²) in [5.74, 6) is -0.00596. The summed E-state index contributed by atoms with van der Waals surface area (Å²) < 4.78 is 4.10. The Labute approximate surface area is 113 Å². The third kappa shape index (κ3) is 3.43. The summed E-state index contributed by atoms with van der Waals surface area (Å²) in [5, 5.41) is 13.4. The quantitative estimate of drug-likeness (QED) is 0.526. The highest BCUT2D eigenvalue weighted by atomic mass is 79.9. The smallest absolute Gasteiger partial charge is 0.296 e. The van der Waals surface area contributed by atoms with Crippen LogP contribution in [0.25, 0.3) is 0 Å². The number of hydrogen-bond donors (Lipinski definition) is 1. The lowest BCUT2D eigenvalue weighted by atomic mass is 10.2. The van der Waals surface area contributed by atoms with Gasteiger partial charge in [-0.15, -0.1) is 0 Å². The van der Waals surface area contributed by atoms with E-state index >= 15 is 0 Å². The third-order valence-electron chi connectivity index (χ3n) is 2.19.